The Bertz CT molecular complexity index is 968. The van der Waals surface area contributed by atoms with E-state index < -0.39 is 23.1 Å². The fourth-order valence-corrected chi connectivity index (χ4v) is 3.85. The van der Waals surface area contributed by atoms with Gasteiger partial charge in [-0.3, -0.25) is 4.79 Å². The zero-order valence-corrected chi connectivity index (χ0v) is 14.2. The van der Waals surface area contributed by atoms with Crippen LogP contribution in [0.2, 0.25) is 0 Å². The predicted molar refractivity (Wildman–Crippen MR) is 91.1 cm³/mol. The Morgan fingerprint density at radius 1 is 1.12 bits per heavy atom. The van der Waals surface area contributed by atoms with Crippen LogP contribution in [-0.4, -0.2) is 10.5 Å². The summed E-state index contributed by atoms with van der Waals surface area (Å²) >= 11 is 1.34. The van der Waals surface area contributed by atoms with E-state index in [-0.39, 0.29) is 0 Å². The van der Waals surface area contributed by atoms with Crippen LogP contribution in [-0.2, 0) is 13.0 Å². The molecule has 1 aromatic heterocycles. The molecule has 0 bridgehead atoms. The summed E-state index contributed by atoms with van der Waals surface area (Å²) in [6, 6.07) is 9.28. The number of hydrogen-bond acceptors (Lipinski definition) is 2. The summed E-state index contributed by atoms with van der Waals surface area (Å²) < 4.78 is 30.5. The number of hydrogen-bond donors (Lipinski definition) is 0. The van der Waals surface area contributed by atoms with Crippen LogP contribution < -0.4 is 4.80 Å². The molecule has 0 radical (unpaired) electrons. The van der Waals surface area contributed by atoms with Gasteiger partial charge in [-0.05, 0) is 37.1 Å². The standard InChI is InChI=1S/C18H16F2N2OS/c1-3-11-7-5-10-14-16(11)22(4-2)18(24-14)21-17(23)15-12(19)8-6-9-13(15)20/h5-10H,3-4H2,1-2H3. The third-order valence-corrected chi connectivity index (χ3v) is 4.90. The van der Waals surface area contributed by atoms with E-state index in [2.05, 4.69) is 11.9 Å². The van der Waals surface area contributed by atoms with Crippen molar-refractivity contribution >= 4 is 27.5 Å². The number of thiazole rings is 1. The average Bonchev–Trinajstić information content (AvgIpc) is 2.91. The first-order valence-electron chi connectivity index (χ1n) is 7.71. The maximum atomic E-state index is 13.8. The van der Waals surface area contributed by atoms with Gasteiger partial charge in [0.1, 0.15) is 17.2 Å². The third kappa shape index (κ3) is 2.78. The molecule has 0 aliphatic carbocycles. The molecule has 0 aliphatic rings. The van der Waals surface area contributed by atoms with E-state index >= 15 is 0 Å². The van der Waals surface area contributed by atoms with Crippen molar-refractivity contribution in [3.8, 4) is 0 Å². The molecule has 3 nitrogen and oxygen atoms in total. The van der Waals surface area contributed by atoms with E-state index in [1.165, 1.54) is 17.4 Å². The second kappa shape index (κ2) is 6.65. The van der Waals surface area contributed by atoms with Gasteiger partial charge in [0.15, 0.2) is 4.80 Å². The van der Waals surface area contributed by atoms with Crippen LogP contribution in [0.25, 0.3) is 10.2 Å². The van der Waals surface area contributed by atoms with E-state index in [1.807, 2.05) is 29.7 Å². The Balaban J connectivity index is 2.22. The Kier molecular flexibility index (Phi) is 4.57. The highest BCUT2D eigenvalue weighted by molar-refractivity contribution is 7.16. The van der Waals surface area contributed by atoms with Crippen molar-refractivity contribution in [1.82, 2.24) is 4.57 Å². The highest BCUT2D eigenvalue weighted by atomic mass is 32.1. The van der Waals surface area contributed by atoms with Crippen LogP contribution in [0.3, 0.4) is 0 Å². The zero-order chi connectivity index (χ0) is 17.3. The molecular formula is C18H16F2N2OS. The van der Waals surface area contributed by atoms with Crippen molar-refractivity contribution in [2.75, 3.05) is 0 Å². The fourth-order valence-electron chi connectivity index (χ4n) is 2.71. The number of rotatable bonds is 3. The minimum atomic E-state index is -0.905. The van der Waals surface area contributed by atoms with Crippen molar-refractivity contribution in [3.63, 3.8) is 0 Å². The van der Waals surface area contributed by atoms with Gasteiger partial charge in [-0.25, -0.2) is 8.78 Å². The number of halogens is 2. The summed E-state index contributed by atoms with van der Waals surface area (Å²) in [4.78, 5) is 16.7. The second-order valence-corrected chi connectivity index (χ2v) is 6.27. The summed E-state index contributed by atoms with van der Waals surface area (Å²) in [6.45, 7) is 4.62. The first-order chi connectivity index (χ1) is 11.6. The molecule has 3 aromatic rings. The van der Waals surface area contributed by atoms with Gasteiger partial charge < -0.3 is 4.57 Å². The summed E-state index contributed by atoms with van der Waals surface area (Å²) in [5.74, 6) is -2.71. The molecule has 124 valence electrons. The largest absolute Gasteiger partial charge is 0.316 e. The minimum Gasteiger partial charge on any atom is -0.316 e. The molecule has 0 spiro atoms. The molecule has 1 heterocycles. The number of benzene rings is 2. The van der Waals surface area contributed by atoms with Gasteiger partial charge in [0.05, 0.1) is 10.2 Å². The maximum Gasteiger partial charge on any atom is 0.285 e. The number of para-hydroxylation sites is 1. The van der Waals surface area contributed by atoms with Gasteiger partial charge in [0.25, 0.3) is 5.91 Å². The minimum absolute atomic E-state index is 0.445. The summed E-state index contributed by atoms with van der Waals surface area (Å²) in [7, 11) is 0. The third-order valence-electron chi connectivity index (χ3n) is 3.86. The lowest BCUT2D eigenvalue weighted by atomic mass is 10.1. The van der Waals surface area contributed by atoms with Crippen molar-refractivity contribution in [1.29, 1.82) is 0 Å². The molecule has 6 heteroatoms. The molecule has 0 saturated carbocycles. The first-order valence-corrected chi connectivity index (χ1v) is 8.52. The topological polar surface area (TPSA) is 34.4 Å². The van der Waals surface area contributed by atoms with E-state index in [0.717, 1.165) is 34.3 Å². The average molecular weight is 346 g/mol. The van der Waals surface area contributed by atoms with Crippen molar-refractivity contribution in [3.05, 3.63) is 64.0 Å². The van der Waals surface area contributed by atoms with Gasteiger partial charge in [0, 0.05) is 6.54 Å². The maximum absolute atomic E-state index is 13.8. The Morgan fingerprint density at radius 3 is 2.42 bits per heavy atom. The van der Waals surface area contributed by atoms with E-state index in [0.29, 0.717) is 11.3 Å². The molecule has 0 N–H and O–H groups in total. The number of carbonyl (C=O) groups excluding carboxylic acids is 1. The summed E-state index contributed by atoms with van der Waals surface area (Å²) in [6.07, 6.45) is 0.851. The lowest BCUT2D eigenvalue weighted by molar-refractivity contribution is 0.0990. The molecule has 0 saturated heterocycles. The molecule has 2 aromatic carbocycles. The van der Waals surface area contributed by atoms with Gasteiger partial charge in [-0.2, -0.15) is 4.99 Å². The molecule has 24 heavy (non-hydrogen) atoms. The molecule has 0 unspecified atom stereocenters. The second-order valence-electron chi connectivity index (χ2n) is 5.26. The van der Waals surface area contributed by atoms with Gasteiger partial charge in [-0.1, -0.05) is 36.5 Å². The van der Waals surface area contributed by atoms with Gasteiger partial charge in [-0.15, -0.1) is 0 Å². The lowest BCUT2D eigenvalue weighted by Crippen LogP contribution is -2.17. The molecular weight excluding hydrogens is 330 g/mol. The monoisotopic (exact) mass is 346 g/mol. The molecule has 0 aliphatic heterocycles. The Hall–Kier alpha value is -2.34. The van der Waals surface area contributed by atoms with Crippen LogP contribution in [0.1, 0.15) is 29.8 Å². The number of amides is 1. The predicted octanol–water partition coefficient (Wildman–Crippen LogP) is 4.30. The number of aromatic nitrogens is 1. The van der Waals surface area contributed by atoms with Crippen LogP contribution in [0.15, 0.2) is 41.4 Å². The van der Waals surface area contributed by atoms with Crippen molar-refractivity contribution in [2.24, 2.45) is 4.99 Å². The van der Waals surface area contributed by atoms with Crippen molar-refractivity contribution in [2.45, 2.75) is 26.8 Å². The smallest absolute Gasteiger partial charge is 0.285 e. The fraction of sp³-hybridized carbons (Fsp3) is 0.222. The van der Waals surface area contributed by atoms with Gasteiger partial charge in [0.2, 0.25) is 0 Å². The summed E-state index contributed by atoms with van der Waals surface area (Å²) in [5.41, 5.74) is 1.55. The van der Waals surface area contributed by atoms with Crippen molar-refractivity contribution < 1.29 is 13.6 Å². The molecule has 0 atom stereocenters. The normalized spacial score (nSPS) is 12.1. The summed E-state index contributed by atoms with van der Waals surface area (Å²) in [5, 5.41) is 0. The zero-order valence-electron chi connectivity index (χ0n) is 13.3. The Labute approximate surface area is 141 Å². The highest BCUT2D eigenvalue weighted by Gasteiger charge is 2.17. The quantitative estimate of drug-likeness (QED) is 0.696. The van der Waals surface area contributed by atoms with E-state index in [9.17, 15) is 13.6 Å². The van der Waals surface area contributed by atoms with E-state index in [1.54, 1.807) is 0 Å². The van der Waals surface area contributed by atoms with Crippen LogP contribution in [0.4, 0.5) is 8.78 Å². The van der Waals surface area contributed by atoms with Crippen LogP contribution in [0, 0.1) is 11.6 Å². The van der Waals surface area contributed by atoms with E-state index in [4.69, 9.17) is 0 Å². The van der Waals surface area contributed by atoms with Crippen LogP contribution in [0.5, 0.6) is 0 Å². The molecule has 3 rings (SSSR count). The molecule has 0 fully saturated rings. The lowest BCUT2D eigenvalue weighted by Gasteiger charge is -2.05. The number of nitrogens with zero attached hydrogens (tertiary/aromatic N) is 2. The number of aryl methyl sites for hydroxylation is 2. The number of fused-ring (bicyclic) bond motifs is 1. The molecule has 1 amide bonds. The SMILES string of the molecule is CCc1cccc2sc(=NC(=O)c3c(F)cccc3F)n(CC)c12. The van der Waals surface area contributed by atoms with Gasteiger partial charge >= 0.3 is 0 Å². The highest BCUT2D eigenvalue weighted by Crippen LogP contribution is 2.22. The number of carbonyl (C=O) groups is 1. The Morgan fingerprint density at radius 2 is 1.79 bits per heavy atom. The van der Waals surface area contributed by atoms with Crippen LogP contribution >= 0.6 is 11.3 Å². The first kappa shape index (κ1) is 16.5.